The first-order valence-electron chi connectivity index (χ1n) is 8.56. The van der Waals surface area contributed by atoms with Gasteiger partial charge in [-0.25, -0.2) is 4.52 Å². The quantitative estimate of drug-likeness (QED) is 0.884. The van der Waals surface area contributed by atoms with Crippen LogP contribution in [0.1, 0.15) is 25.5 Å². The van der Waals surface area contributed by atoms with Gasteiger partial charge in [0.05, 0.1) is 36.1 Å². The third-order valence-electron chi connectivity index (χ3n) is 4.87. The summed E-state index contributed by atoms with van der Waals surface area (Å²) in [6.45, 7) is 2.92. The van der Waals surface area contributed by atoms with Crippen LogP contribution in [0.5, 0.6) is 0 Å². The number of morpholine rings is 1. The average Bonchev–Trinajstić information content (AvgIpc) is 3.24. The van der Waals surface area contributed by atoms with E-state index in [-0.39, 0.29) is 12.0 Å². The van der Waals surface area contributed by atoms with Crippen molar-refractivity contribution in [3.05, 3.63) is 30.1 Å². The van der Waals surface area contributed by atoms with Crippen molar-refractivity contribution >= 4 is 17.1 Å². The Bertz CT molecular complexity index is 949. The first-order valence-corrected chi connectivity index (χ1v) is 8.56. The van der Waals surface area contributed by atoms with Gasteiger partial charge in [0.25, 0.3) is 5.91 Å². The number of hydrogen-bond acceptors (Lipinski definition) is 6. The van der Waals surface area contributed by atoms with Crippen LogP contribution in [-0.2, 0) is 9.53 Å². The molecule has 1 N–H and O–H groups in total. The van der Waals surface area contributed by atoms with E-state index in [1.165, 1.54) is 0 Å². The molecule has 0 unspecified atom stereocenters. The molecule has 1 aliphatic heterocycles. The molecule has 2 atom stereocenters. The summed E-state index contributed by atoms with van der Waals surface area (Å²) in [5, 5.41) is 25.4. The molecule has 1 saturated heterocycles. The number of nitrogens with one attached hydrogen (secondary N) is 1. The molecular weight excluding hydrogens is 332 g/mol. The van der Waals surface area contributed by atoms with Gasteiger partial charge in [0.15, 0.2) is 6.10 Å². The van der Waals surface area contributed by atoms with Crippen molar-refractivity contribution in [2.24, 2.45) is 0 Å². The van der Waals surface area contributed by atoms with Crippen LogP contribution >= 0.6 is 0 Å². The topological polar surface area (TPSA) is 106 Å². The smallest absolute Gasteiger partial charge is 0.252 e. The monoisotopic (exact) mass is 350 g/mol. The Kier molecular flexibility index (Phi) is 3.78. The van der Waals surface area contributed by atoms with Crippen LogP contribution in [0.25, 0.3) is 5.52 Å². The van der Waals surface area contributed by atoms with Crippen molar-refractivity contribution in [2.45, 2.75) is 37.5 Å². The third kappa shape index (κ3) is 2.75. The van der Waals surface area contributed by atoms with Crippen molar-refractivity contribution in [3.63, 3.8) is 0 Å². The highest BCUT2D eigenvalue weighted by atomic mass is 16.5. The SMILES string of the molecule is C[C@@H]1CN(c2ccc(C#N)n3nccc23)C[C@H](C(=O)NC2(C#N)CC2)O1. The highest BCUT2D eigenvalue weighted by Gasteiger charge is 2.46. The summed E-state index contributed by atoms with van der Waals surface area (Å²) < 4.78 is 7.42. The molecule has 8 heteroatoms. The molecule has 0 spiro atoms. The lowest BCUT2D eigenvalue weighted by molar-refractivity contribution is -0.137. The second kappa shape index (κ2) is 6.01. The largest absolute Gasteiger partial charge is 0.364 e. The molecule has 1 aliphatic carbocycles. The standard InChI is InChI=1S/C18H18N6O2/c1-12-9-23(10-16(26-12)17(25)22-18(11-20)5-6-18)14-3-2-13(8-19)24-15(14)4-7-21-24/h2-4,7,12,16H,5-6,9-10H2,1H3,(H,22,25)/t12-,16-/m1/s1. The molecular formula is C18H18N6O2. The normalized spacial score (nSPS) is 23.9. The molecule has 2 aromatic rings. The lowest BCUT2D eigenvalue weighted by Gasteiger charge is -2.38. The molecule has 0 bridgehead atoms. The van der Waals surface area contributed by atoms with Gasteiger partial charge in [-0.3, -0.25) is 4.79 Å². The Balaban J connectivity index is 1.60. The highest BCUT2D eigenvalue weighted by molar-refractivity contribution is 5.84. The minimum atomic E-state index is -0.709. The maximum atomic E-state index is 12.6. The van der Waals surface area contributed by atoms with Gasteiger partial charge in [-0.2, -0.15) is 15.6 Å². The van der Waals surface area contributed by atoms with Crippen LogP contribution in [0.3, 0.4) is 0 Å². The third-order valence-corrected chi connectivity index (χ3v) is 4.87. The van der Waals surface area contributed by atoms with E-state index in [0.717, 1.165) is 11.2 Å². The number of rotatable bonds is 3. The minimum absolute atomic E-state index is 0.143. The Morgan fingerprint density at radius 2 is 2.15 bits per heavy atom. The van der Waals surface area contributed by atoms with Crippen molar-refractivity contribution in [1.29, 1.82) is 10.5 Å². The molecule has 0 aromatic carbocycles. The number of carbonyl (C=O) groups is 1. The van der Waals surface area contributed by atoms with Gasteiger partial charge in [-0.05, 0) is 38.0 Å². The van der Waals surface area contributed by atoms with E-state index in [2.05, 4.69) is 27.5 Å². The lowest BCUT2D eigenvalue weighted by atomic mass is 10.1. The predicted octanol–water partition coefficient (Wildman–Crippen LogP) is 0.972. The van der Waals surface area contributed by atoms with Gasteiger partial charge in [-0.1, -0.05) is 0 Å². The van der Waals surface area contributed by atoms with Crippen molar-refractivity contribution in [2.75, 3.05) is 18.0 Å². The zero-order valence-electron chi connectivity index (χ0n) is 14.3. The minimum Gasteiger partial charge on any atom is -0.364 e. The van der Waals surface area contributed by atoms with Crippen LogP contribution in [-0.4, -0.2) is 46.4 Å². The molecule has 4 rings (SSSR count). The number of fused-ring (bicyclic) bond motifs is 1. The number of nitrogens with zero attached hydrogens (tertiary/aromatic N) is 5. The fourth-order valence-electron chi connectivity index (χ4n) is 3.35. The molecule has 2 aliphatic rings. The van der Waals surface area contributed by atoms with Crippen LogP contribution in [0, 0.1) is 22.7 Å². The summed E-state index contributed by atoms with van der Waals surface area (Å²) in [7, 11) is 0. The molecule has 2 aromatic heterocycles. The molecule has 8 nitrogen and oxygen atoms in total. The van der Waals surface area contributed by atoms with Crippen LogP contribution in [0.15, 0.2) is 24.4 Å². The Hall–Kier alpha value is -3.10. The summed E-state index contributed by atoms with van der Waals surface area (Å²) in [5.74, 6) is -0.251. The van der Waals surface area contributed by atoms with E-state index >= 15 is 0 Å². The number of ether oxygens (including phenoxy) is 1. The molecule has 0 radical (unpaired) electrons. The number of anilines is 1. The maximum Gasteiger partial charge on any atom is 0.252 e. The van der Waals surface area contributed by atoms with Gasteiger partial charge >= 0.3 is 0 Å². The summed E-state index contributed by atoms with van der Waals surface area (Å²) in [5.41, 5.74) is 1.46. The first-order chi connectivity index (χ1) is 12.5. The van der Waals surface area contributed by atoms with E-state index < -0.39 is 11.6 Å². The number of amides is 1. The maximum absolute atomic E-state index is 12.6. The zero-order valence-corrected chi connectivity index (χ0v) is 14.3. The summed E-state index contributed by atoms with van der Waals surface area (Å²) in [4.78, 5) is 14.6. The fraction of sp³-hybridized carbons (Fsp3) is 0.444. The van der Waals surface area contributed by atoms with Crippen LogP contribution in [0.2, 0.25) is 0 Å². The lowest BCUT2D eigenvalue weighted by Crippen LogP contribution is -2.54. The molecule has 26 heavy (non-hydrogen) atoms. The molecule has 132 valence electrons. The second-order valence-corrected chi connectivity index (χ2v) is 6.87. The van der Waals surface area contributed by atoms with Crippen LogP contribution in [0.4, 0.5) is 5.69 Å². The number of aromatic nitrogens is 2. The van der Waals surface area contributed by atoms with Gasteiger partial charge in [0.1, 0.15) is 17.3 Å². The Labute approximate surface area is 150 Å². The van der Waals surface area contributed by atoms with E-state index in [0.29, 0.717) is 31.6 Å². The molecule has 1 saturated carbocycles. The zero-order chi connectivity index (χ0) is 18.3. The van der Waals surface area contributed by atoms with Gasteiger partial charge in [0, 0.05) is 6.54 Å². The van der Waals surface area contributed by atoms with Crippen LogP contribution < -0.4 is 10.2 Å². The van der Waals surface area contributed by atoms with Crippen molar-refractivity contribution < 1.29 is 9.53 Å². The molecule has 1 amide bonds. The van der Waals surface area contributed by atoms with Crippen molar-refractivity contribution in [3.8, 4) is 12.1 Å². The fourth-order valence-corrected chi connectivity index (χ4v) is 3.35. The van der Waals surface area contributed by atoms with Gasteiger partial charge < -0.3 is 15.0 Å². The average molecular weight is 350 g/mol. The number of hydrogen-bond donors (Lipinski definition) is 1. The van der Waals surface area contributed by atoms with E-state index in [1.54, 1.807) is 16.8 Å². The Morgan fingerprint density at radius 1 is 1.35 bits per heavy atom. The number of nitriles is 2. The first kappa shape index (κ1) is 16.4. The Morgan fingerprint density at radius 3 is 2.85 bits per heavy atom. The van der Waals surface area contributed by atoms with E-state index in [1.807, 2.05) is 19.1 Å². The van der Waals surface area contributed by atoms with Gasteiger partial charge in [0.2, 0.25) is 0 Å². The molecule has 3 heterocycles. The summed E-state index contributed by atoms with van der Waals surface area (Å²) >= 11 is 0. The van der Waals surface area contributed by atoms with E-state index in [9.17, 15) is 15.3 Å². The summed E-state index contributed by atoms with van der Waals surface area (Å²) in [6, 6.07) is 9.73. The number of carbonyl (C=O) groups excluding carboxylic acids is 1. The second-order valence-electron chi connectivity index (χ2n) is 6.87. The molecule has 2 fully saturated rings. The number of pyridine rings is 1. The highest BCUT2D eigenvalue weighted by Crippen LogP contribution is 2.34. The predicted molar refractivity (Wildman–Crippen MR) is 92.2 cm³/mol. The van der Waals surface area contributed by atoms with Gasteiger partial charge in [-0.15, -0.1) is 0 Å². The van der Waals surface area contributed by atoms with E-state index in [4.69, 9.17) is 4.74 Å². The summed E-state index contributed by atoms with van der Waals surface area (Å²) in [6.07, 6.45) is 2.23. The van der Waals surface area contributed by atoms with Crippen molar-refractivity contribution in [1.82, 2.24) is 14.9 Å².